The topological polar surface area (TPSA) is 78.7 Å². The van der Waals surface area contributed by atoms with Crippen molar-refractivity contribution in [3.63, 3.8) is 0 Å². The van der Waals surface area contributed by atoms with Crippen LogP contribution in [0.4, 0.5) is 0 Å². The number of quaternary nitrogens is 1. The van der Waals surface area contributed by atoms with Crippen LogP contribution >= 0.6 is 11.8 Å². The molecule has 1 aromatic heterocycles. The minimum Gasteiger partial charge on any atom is -0.493 e. The maximum atomic E-state index is 5.56. The Bertz CT molecular complexity index is 647. The Labute approximate surface area is 146 Å². The lowest BCUT2D eigenvalue weighted by Crippen LogP contribution is -2.82. The first-order valence-corrected chi connectivity index (χ1v) is 8.80. The van der Waals surface area contributed by atoms with Crippen molar-refractivity contribution >= 4 is 11.8 Å². The Morgan fingerprint density at radius 2 is 2.25 bits per heavy atom. The summed E-state index contributed by atoms with van der Waals surface area (Å²) in [5.41, 5.74) is 1.21. The molecule has 2 rings (SSSR count). The predicted octanol–water partition coefficient (Wildman–Crippen LogP) is 1.03. The fraction of sp³-hybridized carbons (Fsp3) is 0.438. The summed E-state index contributed by atoms with van der Waals surface area (Å²) < 4.78 is 12.6. The number of aryl methyl sites for hydroxylation is 1. The van der Waals surface area contributed by atoms with E-state index in [0.717, 1.165) is 41.9 Å². The van der Waals surface area contributed by atoms with E-state index in [9.17, 15) is 0 Å². The smallest absolute Gasteiger partial charge is 0.209 e. The fourth-order valence-corrected chi connectivity index (χ4v) is 2.92. The van der Waals surface area contributed by atoms with Gasteiger partial charge in [0.25, 0.3) is 0 Å². The van der Waals surface area contributed by atoms with E-state index in [4.69, 9.17) is 9.47 Å². The van der Waals surface area contributed by atoms with Gasteiger partial charge in [0.05, 0.1) is 13.7 Å². The van der Waals surface area contributed by atoms with E-state index in [1.54, 1.807) is 29.6 Å². The Balaban J connectivity index is 1.70. The number of tetrazole rings is 1. The molecular weight excluding hydrogens is 326 g/mol. The summed E-state index contributed by atoms with van der Waals surface area (Å²) in [6, 6.07) is 6.04. The van der Waals surface area contributed by atoms with Crippen molar-refractivity contribution in [2.24, 2.45) is 7.05 Å². The zero-order valence-corrected chi connectivity index (χ0v) is 15.0. The fourth-order valence-electron chi connectivity index (χ4n) is 2.11. The third-order valence-electron chi connectivity index (χ3n) is 3.33. The highest BCUT2D eigenvalue weighted by Gasteiger charge is 2.07. The summed E-state index contributed by atoms with van der Waals surface area (Å²) in [7, 11) is 3.51. The zero-order chi connectivity index (χ0) is 17.2. The molecule has 130 valence electrons. The highest BCUT2D eigenvalue weighted by molar-refractivity contribution is 7.99. The first-order valence-electron chi connectivity index (χ1n) is 7.82. The Hall–Kier alpha value is -2.06. The van der Waals surface area contributed by atoms with E-state index >= 15 is 0 Å². The van der Waals surface area contributed by atoms with Gasteiger partial charge >= 0.3 is 0 Å². The highest BCUT2D eigenvalue weighted by Crippen LogP contribution is 2.27. The van der Waals surface area contributed by atoms with Gasteiger partial charge in [-0.1, -0.05) is 24.4 Å². The summed E-state index contributed by atoms with van der Waals surface area (Å²) in [6.07, 6.45) is 2.81. The minimum absolute atomic E-state index is 0.473. The largest absolute Gasteiger partial charge is 0.493 e. The molecule has 0 aliphatic carbocycles. The number of nitrogens with zero attached hydrogens (tertiary/aromatic N) is 4. The molecule has 0 amide bonds. The van der Waals surface area contributed by atoms with E-state index < -0.39 is 0 Å². The molecule has 0 bridgehead atoms. The number of ether oxygens (including phenoxy) is 2. The van der Waals surface area contributed by atoms with Crippen LogP contribution in [0.1, 0.15) is 12.0 Å². The van der Waals surface area contributed by atoms with Gasteiger partial charge in [-0.2, -0.15) is 0 Å². The van der Waals surface area contributed by atoms with Crippen LogP contribution in [-0.2, 0) is 13.6 Å². The number of benzene rings is 1. The molecule has 0 saturated carbocycles. The van der Waals surface area contributed by atoms with Crippen LogP contribution in [0.2, 0.25) is 0 Å². The Morgan fingerprint density at radius 1 is 1.38 bits per heavy atom. The van der Waals surface area contributed by atoms with E-state index in [-0.39, 0.29) is 0 Å². The standard InChI is InChI=1S/C16H23N5O2S/c1-4-9-23-14-7-6-13(11-15(14)22-3)12-17-8-5-10-24-16-18-19-20-21(16)2/h4,6-7,11,17H,1,5,8-10,12H2,2-3H3/p+1. The third-order valence-corrected chi connectivity index (χ3v) is 4.43. The lowest BCUT2D eigenvalue weighted by molar-refractivity contribution is -0.670. The van der Waals surface area contributed by atoms with Gasteiger partial charge in [-0.3, -0.25) is 0 Å². The number of methoxy groups -OCH3 is 1. The molecule has 2 N–H and O–H groups in total. The van der Waals surface area contributed by atoms with Crippen molar-refractivity contribution in [2.45, 2.75) is 18.1 Å². The van der Waals surface area contributed by atoms with Gasteiger partial charge in [0.2, 0.25) is 5.16 Å². The van der Waals surface area contributed by atoms with Crippen molar-refractivity contribution in [3.8, 4) is 11.5 Å². The first kappa shape index (κ1) is 18.3. The average Bonchev–Trinajstić information content (AvgIpc) is 3.01. The normalized spacial score (nSPS) is 10.6. The molecule has 0 radical (unpaired) electrons. The molecule has 1 aromatic carbocycles. The van der Waals surface area contributed by atoms with Gasteiger partial charge in [0, 0.05) is 24.8 Å². The van der Waals surface area contributed by atoms with Gasteiger partial charge in [-0.05, 0) is 28.6 Å². The summed E-state index contributed by atoms with van der Waals surface area (Å²) in [4.78, 5) is 0. The molecule has 1 heterocycles. The van der Waals surface area contributed by atoms with Crippen LogP contribution in [0, 0.1) is 0 Å². The number of thioether (sulfide) groups is 1. The monoisotopic (exact) mass is 350 g/mol. The number of hydrogen-bond acceptors (Lipinski definition) is 6. The molecule has 0 spiro atoms. The number of rotatable bonds is 11. The second-order valence-corrected chi connectivity index (χ2v) is 6.22. The molecule has 0 saturated heterocycles. The highest BCUT2D eigenvalue weighted by atomic mass is 32.2. The van der Waals surface area contributed by atoms with E-state index in [0.29, 0.717) is 6.61 Å². The maximum absolute atomic E-state index is 5.56. The molecule has 24 heavy (non-hydrogen) atoms. The lowest BCUT2D eigenvalue weighted by Gasteiger charge is -2.10. The van der Waals surface area contributed by atoms with Crippen molar-refractivity contribution in [2.75, 3.05) is 26.0 Å². The second kappa shape index (κ2) is 9.94. The molecule has 2 aromatic rings. The molecule has 0 fully saturated rings. The molecular formula is C16H24N5O2S+. The summed E-state index contributed by atoms with van der Waals surface area (Å²) in [5, 5.41) is 14.5. The van der Waals surface area contributed by atoms with Crippen LogP contribution in [0.15, 0.2) is 36.0 Å². The molecule has 0 aliphatic rings. The van der Waals surface area contributed by atoms with Crippen LogP contribution in [0.3, 0.4) is 0 Å². The summed E-state index contributed by atoms with van der Waals surface area (Å²) in [5.74, 6) is 2.51. The zero-order valence-electron chi connectivity index (χ0n) is 14.1. The minimum atomic E-state index is 0.473. The van der Waals surface area contributed by atoms with Gasteiger partial charge in [-0.25, -0.2) is 4.68 Å². The van der Waals surface area contributed by atoms with Gasteiger partial charge in [0.1, 0.15) is 13.2 Å². The van der Waals surface area contributed by atoms with E-state index in [2.05, 4.69) is 33.5 Å². The van der Waals surface area contributed by atoms with Crippen molar-refractivity contribution < 1.29 is 14.8 Å². The van der Waals surface area contributed by atoms with Crippen LogP contribution in [-0.4, -0.2) is 46.2 Å². The number of nitrogens with two attached hydrogens (primary N) is 1. The van der Waals surface area contributed by atoms with Crippen LogP contribution in [0.25, 0.3) is 0 Å². The molecule has 8 heteroatoms. The quantitative estimate of drug-likeness (QED) is 0.370. The van der Waals surface area contributed by atoms with Crippen molar-refractivity contribution in [3.05, 3.63) is 36.4 Å². The van der Waals surface area contributed by atoms with Crippen LogP contribution < -0.4 is 14.8 Å². The third kappa shape index (κ3) is 5.54. The molecule has 7 nitrogen and oxygen atoms in total. The second-order valence-electron chi connectivity index (χ2n) is 5.15. The van der Waals surface area contributed by atoms with Gasteiger partial charge in [-0.15, -0.1) is 5.10 Å². The van der Waals surface area contributed by atoms with E-state index in [1.165, 1.54) is 5.56 Å². The predicted molar refractivity (Wildman–Crippen MR) is 93.3 cm³/mol. The SMILES string of the molecule is C=CCOc1ccc(C[NH2+]CCCSc2nnnn2C)cc1OC. The molecule has 0 unspecified atom stereocenters. The number of aromatic nitrogens is 4. The molecule has 0 atom stereocenters. The maximum Gasteiger partial charge on any atom is 0.209 e. The van der Waals surface area contributed by atoms with Crippen molar-refractivity contribution in [1.82, 2.24) is 20.2 Å². The summed E-state index contributed by atoms with van der Waals surface area (Å²) in [6.45, 7) is 6.08. The summed E-state index contributed by atoms with van der Waals surface area (Å²) >= 11 is 1.68. The first-order chi connectivity index (χ1) is 11.7. The van der Waals surface area contributed by atoms with E-state index in [1.807, 2.05) is 19.2 Å². The van der Waals surface area contributed by atoms with Crippen molar-refractivity contribution in [1.29, 1.82) is 0 Å². The van der Waals surface area contributed by atoms with Gasteiger partial charge < -0.3 is 14.8 Å². The Morgan fingerprint density at radius 3 is 2.96 bits per heavy atom. The Kier molecular flexibility index (Phi) is 7.57. The number of hydrogen-bond donors (Lipinski definition) is 1. The lowest BCUT2D eigenvalue weighted by atomic mass is 10.2. The van der Waals surface area contributed by atoms with Crippen LogP contribution in [0.5, 0.6) is 11.5 Å². The average molecular weight is 350 g/mol. The van der Waals surface area contributed by atoms with Gasteiger partial charge in [0.15, 0.2) is 11.5 Å². The molecule has 0 aliphatic heterocycles.